The number of nitrogens with zero attached hydrogens (tertiary/aromatic N) is 1. The Morgan fingerprint density at radius 2 is 1.91 bits per heavy atom. The summed E-state index contributed by atoms with van der Waals surface area (Å²) in [5.41, 5.74) is 2.33. The highest BCUT2D eigenvalue weighted by atomic mass is 79.9. The number of nitrogens with one attached hydrogen (secondary N) is 1. The first-order chi connectivity index (χ1) is 15.3. The predicted octanol–water partition coefficient (Wildman–Crippen LogP) is 5.83. The van der Waals surface area contributed by atoms with E-state index >= 15 is 0 Å². The molecule has 1 aliphatic rings. The zero-order valence-corrected chi connectivity index (χ0v) is 19.1. The normalized spacial score (nSPS) is 15.0. The first-order valence-corrected chi connectivity index (χ1v) is 11.1. The fourth-order valence-corrected chi connectivity index (χ4v) is 4.54. The molecule has 1 fully saturated rings. The first kappa shape index (κ1) is 22.0. The molecule has 2 heterocycles. The van der Waals surface area contributed by atoms with Gasteiger partial charge in [-0.25, -0.2) is 4.39 Å². The molecule has 0 radical (unpaired) electrons. The molecule has 1 N–H and O–H groups in total. The van der Waals surface area contributed by atoms with Crippen LogP contribution < -0.4 is 5.32 Å². The number of benzene rings is 2. The summed E-state index contributed by atoms with van der Waals surface area (Å²) in [6.07, 6.45) is 1.48. The molecule has 4 rings (SSSR count). The second-order valence-corrected chi connectivity index (χ2v) is 8.86. The molecule has 3 aromatic rings. The molecule has 3 amide bonds. The Morgan fingerprint density at radius 1 is 1.16 bits per heavy atom. The van der Waals surface area contributed by atoms with Gasteiger partial charge in [0.05, 0.1) is 4.91 Å². The highest BCUT2D eigenvalue weighted by molar-refractivity contribution is 9.10. The standard InChI is InChI=1S/C23H16BrFN2O4S/c1-13-2-8-17(18(24)10-13)19-9-7-16(31-19)11-20-22(29)27(23(30)32-20)12-21(28)26-15-5-3-14(25)4-6-15/h2-11H,12H2,1H3,(H,26,28)/b20-11-. The number of anilines is 1. The number of aryl methyl sites for hydroxylation is 1. The molecule has 0 saturated carbocycles. The van der Waals surface area contributed by atoms with Crippen LogP contribution in [0.3, 0.4) is 0 Å². The van der Waals surface area contributed by atoms with Gasteiger partial charge in [-0.1, -0.05) is 22.0 Å². The maximum absolute atomic E-state index is 13.0. The zero-order valence-electron chi connectivity index (χ0n) is 16.7. The molecule has 0 aliphatic carbocycles. The molecule has 0 spiro atoms. The second-order valence-electron chi connectivity index (χ2n) is 7.01. The third-order valence-corrected chi connectivity index (χ3v) is 6.16. The van der Waals surface area contributed by atoms with Crippen molar-refractivity contribution in [1.29, 1.82) is 0 Å². The number of halogens is 2. The topological polar surface area (TPSA) is 79.6 Å². The molecule has 2 aromatic carbocycles. The van der Waals surface area contributed by atoms with Crippen LogP contribution in [0.25, 0.3) is 17.4 Å². The van der Waals surface area contributed by atoms with Crippen LogP contribution in [0, 0.1) is 12.7 Å². The summed E-state index contributed by atoms with van der Waals surface area (Å²) in [4.78, 5) is 38.2. The third kappa shape index (κ3) is 4.84. The van der Waals surface area contributed by atoms with Crippen molar-refractivity contribution in [3.8, 4) is 11.3 Å². The molecule has 6 nitrogen and oxygen atoms in total. The number of amides is 3. The largest absolute Gasteiger partial charge is 0.457 e. The van der Waals surface area contributed by atoms with Gasteiger partial charge in [-0.05, 0) is 72.8 Å². The van der Waals surface area contributed by atoms with E-state index in [4.69, 9.17) is 4.42 Å². The molecule has 0 atom stereocenters. The maximum atomic E-state index is 13.0. The number of carbonyl (C=O) groups is 3. The fourth-order valence-electron chi connectivity index (χ4n) is 3.04. The van der Waals surface area contributed by atoms with E-state index in [0.717, 1.165) is 32.3 Å². The van der Waals surface area contributed by atoms with Crippen LogP contribution in [0.2, 0.25) is 0 Å². The molecular weight excluding hydrogens is 499 g/mol. The van der Waals surface area contributed by atoms with Crippen molar-refractivity contribution in [2.24, 2.45) is 0 Å². The number of furan rings is 1. The van der Waals surface area contributed by atoms with E-state index in [1.54, 1.807) is 12.1 Å². The van der Waals surface area contributed by atoms with Crippen LogP contribution in [-0.4, -0.2) is 28.5 Å². The van der Waals surface area contributed by atoms with Crippen LogP contribution in [0.15, 0.2) is 68.4 Å². The van der Waals surface area contributed by atoms with Gasteiger partial charge in [-0.2, -0.15) is 0 Å². The second kappa shape index (κ2) is 9.13. The highest BCUT2D eigenvalue weighted by Gasteiger charge is 2.36. The quantitative estimate of drug-likeness (QED) is 0.433. The highest BCUT2D eigenvalue weighted by Crippen LogP contribution is 2.34. The van der Waals surface area contributed by atoms with E-state index in [9.17, 15) is 18.8 Å². The summed E-state index contributed by atoms with van der Waals surface area (Å²) in [5, 5.41) is 1.98. The SMILES string of the molecule is Cc1ccc(-c2ccc(/C=C3\SC(=O)N(CC(=O)Nc4ccc(F)cc4)C3=O)o2)c(Br)c1. The molecular formula is C23H16BrFN2O4S. The Morgan fingerprint density at radius 3 is 2.62 bits per heavy atom. The number of imide groups is 1. The molecule has 0 bridgehead atoms. The summed E-state index contributed by atoms with van der Waals surface area (Å²) in [7, 11) is 0. The van der Waals surface area contributed by atoms with E-state index in [0.29, 0.717) is 17.2 Å². The van der Waals surface area contributed by atoms with Crippen molar-refractivity contribution in [3.63, 3.8) is 0 Å². The molecule has 0 unspecified atom stereocenters. The molecule has 32 heavy (non-hydrogen) atoms. The van der Waals surface area contributed by atoms with Crippen molar-refractivity contribution < 1.29 is 23.2 Å². The third-order valence-electron chi connectivity index (χ3n) is 4.59. The van der Waals surface area contributed by atoms with Crippen molar-refractivity contribution in [1.82, 2.24) is 4.90 Å². The fraction of sp³-hybridized carbons (Fsp3) is 0.0870. The predicted molar refractivity (Wildman–Crippen MR) is 124 cm³/mol. The smallest absolute Gasteiger partial charge is 0.294 e. The number of carbonyl (C=O) groups excluding carboxylic acids is 3. The lowest BCUT2D eigenvalue weighted by Crippen LogP contribution is -2.36. The average Bonchev–Trinajstić information content (AvgIpc) is 3.30. The van der Waals surface area contributed by atoms with E-state index in [2.05, 4.69) is 21.2 Å². The van der Waals surface area contributed by atoms with E-state index in [1.807, 2.05) is 25.1 Å². The van der Waals surface area contributed by atoms with Crippen molar-refractivity contribution >= 4 is 56.5 Å². The van der Waals surface area contributed by atoms with E-state index in [-0.39, 0.29) is 4.91 Å². The van der Waals surface area contributed by atoms with Gasteiger partial charge < -0.3 is 9.73 Å². The number of hydrogen-bond acceptors (Lipinski definition) is 5. The van der Waals surface area contributed by atoms with Gasteiger partial charge in [0.2, 0.25) is 5.91 Å². The van der Waals surface area contributed by atoms with Gasteiger partial charge in [0.15, 0.2) is 0 Å². The summed E-state index contributed by atoms with van der Waals surface area (Å²) in [6, 6.07) is 14.5. The van der Waals surface area contributed by atoms with E-state index < -0.39 is 29.4 Å². The lowest BCUT2D eigenvalue weighted by Gasteiger charge is -2.12. The van der Waals surface area contributed by atoms with Gasteiger partial charge in [-0.15, -0.1) is 0 Å². The Labute approximate surface area is 195 Å². The summed E-state index contributed by atoms with van der Waals surface area (Å²) < 4.78 is 19.7. The lowest BCUT2D eigenvalue weighted by atomic mass is 10.1. The van der Waals surface area contributed by atoms with Crippen molar-refractivity contribution in [2.45, 2.75) is 6.92 Å². The van der Waals surface area contributed by atoms with Gasteiger partial charge >= 0.3 is 0 Å². The number of rotatable bonds is 5. The Kier molecular flexibility index (Phi) is 6.29. The minimum absolute atomic E-state index is 0.161. The van der Waals surface area contributed by atoms with Crippen LogP contribution in [0.5, 0.6) is 0 Å². The average molecular weight is 515 g/mol. The molecule has 162 valence electrons. The summed E-state index contributed by atoms with van der Waals surface area (Å²) in [5.74, 6) is -0.557. The minimum atomic E-state index is -0.580. The lowest BCUT2D eigenvalue weighted by molar-refractivity contribution is -0.127. The van der Waals surface area contributed by atoms with Crippen molar-refractivity contribution in [3.05, 3.63) is 81.1 Å². The zero-order chi connectivity index (χ0) is 22.8. The first-order valence-electron chi connectivity index (χ1n) is 9.47. The Balaban J connectivity index is 1.46. The summed E-state index contributed by atoms with van der Waals surface area (Å²) in [6.45, 7) is 1.54. The van der Waals surface area contributed by atoms with E-state index in [1.165, 1.54) is 30.3 Å². The summed E-state index contributed by atoms with van der Waals surface area (Å²) >= 11 is 4.25. The van der Waals surface area contributed by atoms with Gasteiger partial charge in [-0.3, -0.25) is 19.3 Å². The molecule has 1 aliphatic heterocycles. The Bertz CT molecular complexity index is 1250. The number of thioether (sulfide) groups is 1. The van der Waals surface area contributed by atoms with Gasteiger partial charge in [0.1, 0.15) is 23.9 Å². The van der Waals surface area contributed by atoms with Crippen LogP contribution in [-0.2, 0) is 9.59 Å². The number of hydrogen-bond donors (Lipinski definition) is 1. The molecule has 1 aromatic heterocycles. The minimum Gasteiger partial charge on any atom is -0.457 e. The van der Waals surface area contributed by atoms with Gasteiger partial charge in [0, 0.05) is 21.8 Å². The van der Waals surface area contributed by atoms with Crippen molar-refractivity contribution in [2.75, 3.05) is 11.9 Å². The molecule has 1 saturated heterocycles. The van der Waals surface area contributed by atoms with Gasteiger partial charge in [0.25, 0.3) is 11.1 Å². The molecule has 9 heteroatoms. The van der Waals surface area contributed by atoms with Crippen LogP contribution in [0.1, 0.15) is 11.3 Å². The Hall–Kier alpha value is -3.17. The van der Waals surface area contributed by atoms with Crippen LogP contribution >= 0.6 is 27.7 Å². The maximum Gasteiger partial charge on any atom is 0.294 e. The van der Waals surface area contributed by atoms with Crippen LogP contribution in [0.4, 0.5) is 14.9 Å². The monoisotopic (exact) mass is 514 g/mol.